The van der Waals surface area contributed by atoms with E-state index in [1.807, 2.05) is 0 Å². The maximum Gasteiger partial charge on any atom is 0.150 e. The average Bonchev–Trinajstić information content (AvgIpc) is 2.50. The number of nitrogens with two attached hydrogens (primary N) is 1. The smallest absolute Gasteiger partial charge is 0.150 e. The van der Waals surface area contributed by atoms with E-state index < -0.39 is 0 Å². The quantitative estimate of drug-likeness (QED) is 0.534. The van der Waals surface area contributed by atoms with Gasteiger partial charge in [-0.2, -0.15) is 5.26 Å². The third kappa shape index (κ3) is 1.76. The van der Waals surface area contributed by atoms with Crippen LogP contribution in [0, 0.1) is 17.2 Å². The fourth-order valence-corrected chi connectivity index (χ4v) is 1.25. The van der Waals surface area contributed by atoms with E-state index in [-0.39, 0.29) is 24.3 Å². The van der Waals surface area contributed by atoms with Gasteiger partial charge >= 0.3 is 0 Å². The first kappa shape index (κ1) is 8.18. The van der Waals surface area contributed by atoms with E-state index in [0.717, 1.165) is 0 Å². The molecule has 0 bridgehead atoms. The summed E-state index contributed by atoms with van der Waals surface area (Å²) in [6.45, 7) is 0.693. The van der Waals surface area contributed by atoms with Gasteiger partial charge in [0.05, 0.1) is 18.7 Å². The summed E-state index contributed by atoms with van der Waals surface area (Å²) < 4.78 is 0. The molecule has 11 heavy (non-hydrogen) atoms. The molecule has 0 aromatic heterocycles. The van der Waals surface area contributed by atoms with Crippen molar-refractivity contribution in [3.63, 3.8) is 0 Å². The Morgan fingerprint density at radius 3 is 3.00 bits per heavy atom. The van der Waals surface area contributed by atoms with E-state index >= 15 is 0 Å². The molecule has 4 nitrogen and oxygen atoms in total. The molecule has 0 amide bonds. The summed E-state index contributed by atoms with van der Waals surface area (Å²) in [6.07, 6.45) is 0.618. The van der Waals surface area contributed by atoms with Crippen LogP contribution in [0.1, 0.15) is 6.42 Å². The van der Waals surface area contributed by atoms with Crippen LogP contribution in [-0.4, -0.2) is 24.9 Å². The first-order valence-corrected chi connectivity index (χ1v) is 3.63. The fourth-order valence-electron chi connectivity index (χ4n) is 1.25. The van der Waals surface area contributed by atoms with Crippen molar-refractivity contribution in [1.82, 2.24) is 5.32 Å². The van der Waals surface area contributed by atoms with E-state index in [1.54, 1.807) is 0 Å². The van der Waals surface area contributed by atoms with Crippen LogP contribution < -0.4 is 11.1 Å². The monoisotopic (exact) mass is 153 g/mol. The normalized spacial score (nSPS) is 29.8. The second kappa shape index (κ2) is 3.46. The van der Waals surface area contributed by atoms with Gasteiger partial charge in [0.25, 0.3) is 0 Å². The highest BCUT2D eigenvalue weighted by Gasteiger charge is 2.27. The molecule has 1 unspecified atom stereocenters. The minimum Gasteiger partial charge on any atom is -0.324 e. The van der Waals surface area contributed by atoms with Crippen molar-refractivity contribution in [1.29, 1.82) is 5.26 Å². The summed E-state index contributed by atoms with van der Waals surface area (Å²) in [5.41, 5.74) is 5.18. The summed E-state index contributed by atoms with van der Waals surface area (Å²) >= 11 is 0. The van der Waals surface area contributed by atoms with Gasteiger partial charge in [0.1, 0.15) is 0 Å². The molecule has 0 spiro atoms. The van der Waals surface area contributed by atoms with Gasteiger partial charge in [0, 0.05) is 12.5 Å². The number of nitriles is 1. The molecule has 60 valence electrons. The second-order valence-electron chi connectivity index (χ2n) is 2.69. The fraction of sp³-hybridized carbons (Fsp3) is 0.714. The molecule has 0 saturated carbocycles. The summed E-state index contributed by atoms with van der Waals surface area (Å²) in [5.74, 6) is 0.0138. The third-order valence-corrected chi connectivity index (χ3v) is 1.94. The Kier molecular flexibility index (Phi) is 2.58. The first-order valence-electron chi connectivity index (χ1n) is 3.63. The van der Waals surface area contributed by atoms with Crippen LogP contribution in [0.2, 0.25) is 0 Å². The molecular formula is C7H11N3O. The third-order valence-electron chi connectivity index (χ3n) is 1.94. The highest BCUT2D eigenvalue weighted by molar-refractivity contribution is 5.83. The molecule has 2 atom stereocenters. The standard InChI is InChI=1S/C7H11N3O/c8-2-6-1-5(4-10-6)7(11)3-9/h5-6,10H,1,3-4,9H2/t5?,6-/m0/s1. The molecule has 3 N–H and O–H groups in total. The van der Waals surface area contributed by atoms with Gasteiger partial charge < -0.3 is 11.1 Å². The van der Waals surface area contributed by atoms with Crippen LogP contribution in [0.3, 0.4) is 0 Å². The lowest BCUT2D eigenvalue weighted by atomic mass is 10.0. The topological polar surface area (TPSA) is 78.9 Å². The molecule has 1 heterocycles. The van der Waals surface area contributed by atoms with Gasteiger partial charge in [0.2, 0.25) is 0 Å². The van der Waals surface area contributed by atoms with Crippen LogP contribution >= 0.6 is 0 Å². The number of rotatable bonds is 2. The number of ketones is 1. The van der Waals surface area contributed by atoms with Gasteiger partial charge in [-0.25, -0.2) is 0 Å². The lowest BCUT2D eigenvalue weighted by Crippen LogP contribution is -2.24. The lowest BCUT2D eigenvalue weighted by Gasteiger charge is -2.02. The number of carbonyl (C=O) groups excluding carboxylic acids is 1. The Balaban J connectivity index is 2.43. The Bertz CT molecular complexity index is 196. The van der Waals surface area contributed by atoms with Gasteiger partial charge in [-0.3, -0.25) is 4.79 Å². The Labute approximate surface area is 65.4 Å². The molecule has 1 aliphatic rings. The Hall–Kier alpha value is -0.920. The molecule has 0 aliphatic carbocycles. The molecule has 0 aromatic carbocycles. The minimum atomic E-state index is -0.157. The van der Waals surface area contributed by atoms with Crippen LogP contribution in [0.5, 0.6) is 0 Å². The highest BCUT2D eigenvalue weighted by atomic mass is 16.1. The molecule has 0 aromatic rings. The maximum absolute atomic E-state index is 11.0. The number of nitrogens with one attached hydrogen (secondary N) is 1. The first-order chi connectivity index (χ1) is 5.27. The van der Waals surface area contributed by atoms with Gasteiger partial charge in [0.15, 0.2) is 5.78 Å². The number of hydrogen-bond acceptors (Lipinski definition) is 4. The maximum atomic E-state index is 11.0. The van der Waals surface area contributed by atoms with Crippen molar-refractivity contribution in [2.45, 2.75) is 12.5 Å². The van der Waals surface area contributed by atoms with Crippen molar-refractivity contribution >= 4 is 5.78 Å². The molecule has 1 rings (SSSR count). The predicted octanol–water partition coefficient (Wildman–Crippen LogP) is -0.984. The van der Waals surface area contributed by atoms with Crippen molar-refractivity contribution in [3.8, 4) is 6.07 Å². The van der Waals surface area contributed by atoms with Crippen molar-refractivity contribution in [3.05, 3.63) is 0 Å². The predicted molar refractivity (Wildman–Crippen MR) is 39.6 cm³/mol. The van der Waals surface area contributed by atoms with Crippen molar-refractivity contribution < 1.29 is 4.79 Å². The zero-order valence-electron chi connectivity index (χ0n) is 6.21. The molecule has 0 radical (unpaired) electrons. The number of carbonyl (C=O) groups is 1. The van der Waals surface area contributed by atoms with E-state index in [9.17, 15) is 4.79 Å². The number of hydrogen-bond donors (Lipinski definition) is 2. The van der Waals surface area contributed by atoms with E-state index in [0.29, 0.717) is 13.0 Å². The zero-order valence-corrected chi connectivity index (χ0v) is 6.21. The SMILES string of the molecule is N#C[C@@H]1CC(C(=O)CN)CN1. The molecule has 1 fully saturated rings. The Morgan fingerprint density at radius 2 is 2.55 bits per heavy atom. The van der Waals surface area contributed by atoms with Crippen LogP contribution in [-0.2, 0) is 4.79 Å². The van der Waals surface area contributed by atoms with Gasteiger partial charge in [-0.05, 0) is 6.42 Å². The Morgan fingerprint density at radius 1 is 1.82 bits per heavy atom. The van der Waals surface area contributed by atoms with Gasteiger partial charge in [-0.15, -0.1) is 0 Å². The lowest BCUT2D eigenvalue weighted by molar-refractivity contribution is -0.120. The van der Waals surface area contributed by atoms with Crippen LogP contribution in [0.15, 0.2) is 0 Å². The molecule has 1 aliphatic heterocycles. The van der Waals surface area contributed by atoms with Gasteiger partial charge in [-0.1, -0.05) is 0 Å². The summed E-state index contributed by atoms with van der Waals surface area (Å²) in [4.78, 5) is 11.0. The molecule has 4 heteroatoms. The summed E-state index contributed by atoms with van der Waals surface area (Å²) in [5, 5.41) is 11.4. The van der Waals surface area contributed by atoms with E-state index in [4.69, 9.17) is 11.0 Å². The van der Waals surface area contributed by atoms with E-state index in [1.165, 1.54) is 0 Å². The summed E-state index contributed by atoms with van der Waals surface area (Å²) in [7, 11) is 0. The van der Waals surface area contributed by atoms with Crippen molar-refractivity contribution in [2.75, 3.05) is 13.1 Å². The summed E-state index contributed by atoms with van der Waals surface area (Å²) in [6, 6.07) is 1.91. The molecule has 1 saturated heterocycles. The number of nitrogens with zero attached hydrogens (tertiary/aromatic N) is 1. The largest absolute Gasteiger partial charge is 0.324 e. The minimum absolute atomic E-state index is 0.0374. The second-order valence-corrected chi connectivity index (χ2v) is 2.69. The number of Topliss-reactive ketones (excluding diaryl/α,β-unsaturated/α-hetero) is 1. The van der Waals surface area contributed by atoms with Crippen LogP contribution in [0.25, 0.3) is 0 Å². The average molecular weight is 153 g/mol. The highest BCUT2D eigenvalue weighted by Crippen LogP contribution is 2.13. The zero-order chi connectivity index (χ0) is 8.27. The van der Waals surface area contributed by atoms with E-state index in [2.05, 4.69) is 11.4 Å². The van der Waals surface area contributed by atoms with Crippen molar-refractivity contribution in [2.24, 2.45) is 11.7 Å². The molecular weight excluding hydrogens is 142 g/mol. The van der Waals surface area contributed by atoms with Crippen LogP contribution in [0.4, 0.5) is 0 Å².